The molecule has 0 atom stereocenters. The van der Waals surface area contributed by atoms with E-state index in [4.69, 9.17) is 9.47 Å². The van der Waals surface area contributed by atoms with Gasteiger partial charge in [0.25, 0.3) is 0 Å². The fourth-order valence-corrected chi connectivity index (χ4v) is 4.83. The Morgan fingerprint density at radius 1 is 1.00 bits per heavy atom. The van der Waals surface area contributed by atoms with Gasteiger partial charge in [0.15, 0.2) is 0 Å². The van der Waals surface area contributed by atoms with Crippen LogP contribution in [0.1, 0.15) is 65.2 Å². The molecule has 36 heavy (non-hydrogen) atoms. The minimum absolute atomic E-state index is 0.145. The average molecular weight is 510 g/mol. The molecule has 2 aromatic rings. The molecule has 0 saturated heterocycles. The maximum Gasteiger partial charge on any atom is 0.434 e. The van der Waals surface area contributed by atoms with Gasteiger partial charge in [-0.25, -0.2) is 14.6 Å². The third kappa shape index (κ3) is 6.08. The van der Waals surface area contributed by atoms with E-state index in [-0.39, 0.29) is 6.54 Å². The number of para-hydroxylation sites is 1. The van der Waals surface area contributed by atoms with Crippen LogP contribution in [0.5, 0.6) is 0 Å². The molecule has 0 radical (unpaired) electrons. The van der Waals surface area contributed by atoms with Gasteiger partial charge in [-0.2, -0.15) is 5.01 Å². The Balaban J connectivity index is 2.18. The number of amides is 2. The number of hydrogen-bond acceptors (Lipinski definition) is 6. The zero-order valence-electron chi connectivity index (χ0n) is 22.5. The molecule has 1 N–H and O–H groups in total. The first-order chi connectivity index (χ1) is 16.8. The van der Waals surface area contributed by atoms with Gasteiger partial charge in [-0.05, 0) is 79.2 Å². The Labute approximate surface area is 218 Å². The second-order valence-corrected chi connectivity index (χ2v) is 11.5. The molecule has 0 bridgehead atoms. The molecule has 1 aliphatic rings. The number of carbonyl (C=O) groups excluding carboxylic acids is 2. The van der Waals surface area contributed by atoms with Crippen molar-refractivity contribution >= 4 is 35.3 Å². The number of rotatable bonds is 3. The number of anilines is 2. The summed E-state index contributed by atoms with van der Waals surface area (Å²) < 4.78 is 11.3. The van der Waals surface area contributed by atoms with E-state index in [1.807, 2.05) is 44.3 Å². The van der Waals surface area contributed by atoms with Crippen molar-refractivity contribution in [2.75, 3.05) is 17.4 Å². The second kappa shape index (κ2) is 10.4. The van der Waals surface area contributed by atoms with E-state index < -0.39 is 23.4 Å². The summed E-state index contributed by atoms with van der Waals surface area (Å²) in [6, 6.07) is 9.93. The third-order valence-electron chi connectivity index (χ3n) is 5.20. The first-order valence-electron chi connectivity index (χ1n) is 11.8. The molecular weight excluding hydrogens is 474 g/mol. The van der Waals surface area contributed by atoms with E-state index in [9.17, 15) is 9.59 Å². The summed E-state index contributed by atoms with van der Waals surface area (Å²) in [5.41, 5.74) is 2.62. The molecule has 3 rings (SSSR count). The third-order valence-corrected chi connectivity index (χ3v) is 6.42. The normalized spacial score (nSPS) is 13.0. The van der Waals surface area contributed by atoms with E-state index >= 15 is 0 Å². The van der Waals surface area contributed by atoms with Crippen LogP contribution in [0.3, 0.4) is 0 Å². The largest absolute Gasteiger partial charge is 0.442 e. The quantitative estimate of drug-likeness (QED) is 0.451. The number of carbonyl (C=O) groups is 2. The highest BCUT2D eigenvalue weighted by Gasteiger charge is 2.42. The average Bonchev–Trinajstić information content (AvgIpc) is 3.14. The van der Waals surface area contributed by atoms with E-state index in [0.717, 1.165) is 32.2 Å². The summed E-state index contributed by atoms with van der Waals surface area (Å²) >= 11 is 1.57. The monoisotopic (exact) mass is 509 g/mol. The highest BCUT2D eigenvalue weighted by atomic mass is 32.2. The maximum absolute atomic E-state index is 13.4. The lowest BCUT2D eigenvalue weighted by molar-refractivity contribution is 0.0141. The van der Waals surface area contributed by atoms with Crippen molar-refractivity contribution in [1.29, 1.82) is 0 Å². The number of nitrogens with one attached hydrogen (secondary N) is 1. The van der Waals surface area contributed by atoms with Gasteiger partial charge in [-0.15, -0.1) is 5.92 Å². The molecular formula is C28H35N3O4S. The minimum atomic E-state index is -0.750. The lowest BCUT2D eigenvalue weighted by atomic mass is 10.0. The smallest absolute Gasteiger partial charge is 0.434 e. The van der Waals surface area contributed by atoms with Gasteiger partial charge in [-0.1, -0.05) is 29.8 Å². The molecule has 1 heterocycles. The van der Waals surface area contributed by atoms with Crippen LogP contribution in [0.4, 0.5) is 21.0 Å². The predicted octanol–water partition coefficient (Wildman–Crippen LogP) is 6.97. The standard InChI is InChI=1S/C28H35N3O4S/c1-10-13-19-18(2)24(36-23-15-12-11-14-21(23)29-9)16-22-20(19)17-30(25(32)34-27(3,4)5)31(22)26(33)35-28(6,7)8/h11-12,14-16,29H,17H2,1-9H3. The zero-order valence-corrected chi connectivity index (χ0v) is 23.3. The van der Waals surface area contributed by atoms with E-state index in [2.05, 4.69) is 17.2 Å². The Kier molecular flexibility index (Phi) is 7.85. The summed E-state index contributed by atoms with van der Waals surface area (Å²) in [5, 5.41) is 5.79. The van der Waals surface area contributed by atoms with Crippen LogP contribution in [-0.2, 0) is 16.0 Å². The van der Waals surface area contributed by atoms with Crippen molar-refractivity contribution in [2.45, 2.75) is 82.9 Å². The van der Waals surface area contributed by atoms with Gasteiger partial charge >= 0.3 is 12.2 Å². The summed E-state index contributed by atoms with van der Waals surface area (Å²) in [7, 11) is 1.88. The van der Waals surface area contributed by atoms with Crippen molar-refractivity contribution in [3.8, 4) is 11.8 Å². The molecule has 8 heteroatoms. The molecule has 0 unspecified atom stereocenters. The molecule has 0 aliphatic carbocycles. The number of nitrogens with zero attached hydrogens (tertiary/aromatic N) is 2. The number of fused-ring (bicyclic) bond motifs is 1. The predicted molar refractivity (Wildman–Crippen MR) is 144 cm³/mol. The number of hydrazine groups is 1. The van der Waals surface area contributed by atoms with Gasteiger partial charge < -0.3 is 14.8 Å². The SMILES string of the molecule is CC#Cc1c(C)c(Sc2ccccc2NC)cc2c1CN(C(=O)OC(C)(C)C)N2C(=O)OC(C)(C)C. The summed E-state index contributed by atoms with van der Waals surface area (Å²) in [5.74, 6) is 6.20. The van der Waals surface area contributed by atoms with Gasteiger partial charge in [0.2, 0.25) is 0 Å². The lowest BCUT2D eigenvalue weighted by Gasteiger charge is -2.32. The number of hydrogen-bond donors (Lipinski definition) is 1. The molecule has 0 saturated carbocycles. The van der Waals surface area contributed by atoms with Gasteiger partial charge in [0.05, 0.1) is 12.2 Å². The molecule has 2 aromatic carbocycles. The van der Waals surface area contributed by atoms with Crippen LogP contribution in [0.2, 0.25) is 0 Å². The van der Waals surface area contributed by atoms with Crippen molar-refractivity contribution in [3.05, 3.63) is 47.0 Å². The highest BCUT2D eigenvalue weighted by Crippen LogP contribution is 2.44. The second-order valence-electron chi connectivity index (χ2n) is 10.4. The molecule has 192 valence electrons. The van der Waals surface area contributed by atoms with Crippen LogP contribution in [0, 0.1) is 18.8 Å². The molecule has 1 aliphatic heterocycles. The van der Waals surface area contributed by atoms with Crippen LogP contribution >= 0.6 is 11.8 Å². The molecule has 0 spiro atoms. The summed E-state index contributed by atoms with van der Waals surface area (Å²) in [4.78, 5) is 28.6. The molecule has 0 aromatic heterocycles. The number of benzene rings is 2. The van der Waals surface area contributed by atoms with Crippen LogP contribution < -0.4 is 10.3 Å². The zero-order chi connectivity index (χ0) is 26.8. The first kappa shape index (κ1) is 27.3. The Bertz CT molecular complexity index is 1230. The Morgan fingerprint density at radius 3 is 2.19 bits per heavy atom. The Morgan fingerprint density at radius 2 is 1.61 bits per heavy atom. The topological polar surface area (TPSA) is 71.1 Å². The Hall–Kier alpha value is -3.31. The fraction of sp³-hybridized carbons (Fsp3) is 0.429. The fourth-order valence-electron chi connectivity index (χ4n) is 3.74. The van der Waals surface area contributed by atoms with E-state index in [1.165, 1.54) is 10.0 Å². The van der Waals surface area contributed by atoms with E-state index in [1.54, 1.807) is 60.2 Å². The van der Waals surface area contributed by atoms with Gasteiger partial charge in [0, 0.05) is 33.7 Å². The molecule has 2 amide bonds. The van der Waals surface area contributed by atoms with Gasteiger partial charge in [0.1, 0.15) is 11.2 Å². The minimum Gasteiger partial charge on any atom is -0.442 e. The first-order valence-corrected chi connectivity index (χ1v) is 12.6. The van der Waals surface area contributed by atoms with Crippen molar-refractivity contribution in [3.63, 3.8) is 0 Å². The van der Waals surface area contributed by atoms with E-state index in [0.29, 0.717) is 5.69 Å². The van der Waals surface area contributed by atoms with Crippen LogP contribution in [0.25, 0.3) is 0 Å². The maximum atomic E-state index is 13.4. The van der Waals surface area contributed by atoms with Crippen LogP contribution in [-0.4, -0.2) is 35.4 Å². The van der Waals surface area contributed by atoms with Crippen molar-refractivity contribution in [1.82, 2.24) is 5.01 Å². The lowest BCUT2D eigenvalue weighted by Crippen LogP contribution is -2.49. The summed E-state index contributed by atoms with van der Waals surface area (Å²) in [6.07, 6.45) is -1.29. The van der Waals surface area contributed by atoms with Gasteiger partial charge in [-0.3, -0.25) is 0 Å². The molecule has 7 nitrogen and oxygen atoms in total. The van der Waals surface area contributed by atoms with Crippen molar-refractivity contribution < 1.29 is 19.1 Å². The van der Waals surface area contributed by atoms with Crippen LogP contribution in [0.15, 0.2) is 40.1 Å². The number of ether oxygens (including phenoxy) is 2. The molecule has 0 fully saturated rings. The van der Waals surface area contributed by atoms with Crippen molar-refractivity contribution in [2.24, 2.45) is 0 Å². The summed E-state index contributed by atoms with van der Waals surface area (Å²) in [6.45, 7) is 14.7. The highest BCUT2D eigenvalue weighted by molar-refractivity contribution is 7.99.